The number of benzene rings is 1. The summed E-state index contributed by atoms with van der Waals surface area (Å²) in [5.74, 6) is -0.147. The van der Waals surface area contributed by atoms with Crippen LogP contribution in [0.4, 0.5) is 0 Å². The third kappa shape index (κ3) is 4.91. The summed E-state index contributed by atoms with van der Waals surface area (Å²) < 4.78 is 11.1. The molecule has 2 aliphatic rings. The topological polar surface area (TPSA) is 59.1 Å². The number of nitrogens with zero attached hydrogens (tertiary/aromatic N) is 2. The van der Waals surface area contributed by atoms with Gasteiger partial charge in [-0.3, -0.25) is 9.59 Å². The zero-order valence-corrected chi connectivity index (χ0v) is 18.1. The number of likely N-dealkylation sites (N-methyl/N-ethyl adjacent to an activating group) is 1. The molecular formula is C23H28N2O4S. The molecule has 0 spiro atoms. The molecule has 7 heteroatoms. The monoisotopic (exact) mass is 428 g/mol. The number of hydrogen-bond donors (Lipinski definition) is 0. The van der Waals surface area contributed by atoms with Gasteiger partial charge in [-0.15, -0.1) is 11.3 Å². The van der Waals surface area contributed by atoms with Crippen molar-refractivity contribution in [3.63, 3.8) is 0 Å². The second kappa shape index (κ2) is 9.73. The lowest BCUT2D eigenvalue weighted by Gasteiger charge is -2.39. The van der Waals surface area contributed by atoms with Gasteiger partial charge in [-0.05, 0) is 35.4 Å². The van der Waals surface area contributed by atoms with Gasteiger partial charge >= 0.3 is 0 Å². The van der Waals surface area contributed by atoms with Crippen molar-refractivity contribution in [2.24, 2.45) is 0 Å². The van der Waals surface area contributed by atoms with Crippen molar-refractivity contribution in [3.8, 4) is 10.4 Å². The van der Waals surface area contributed by atoms with E-state index in [9.17, 15) is 9.59 Å². The Balaban J connectivity index is 1.39. The number of amides is 2. The first kappa shape index (κ1) is 21.0. The van der Waals surface area contributed by atoms with Crippen LogP contribution in [0.3, 0.4) is 0 Å². The lowest BCUT2D eigenvalue weighted by atomic mass is 10.00. The molecule has 0 bridgehead atoms. The Labute approximate surface area is 181 Å². The molecule has 1 aromatic carbocycles. The predicted molar refractivity (Wildman–Crippen MR) is 116 cm³/mol. The number of rotatable bonds is 7. The zero-order valence-electron chi connectivity index (χ0n) is 17.3. The molecule has 2 atom stereocenters. The van der Waals surface area contributed by atoms with E-state index < -0.39 is 6.04 Å². The van der Waals surface area contributed by atoms with Crippen molar-refractivity contribution < 1.29 is 19.1 Å². The summed E-state index contributed by atoms with van der Waals surface area (Å²) in [5.41, 5.74) is 2.21. The first-order chi connectivity index (χ1) is 14.6. The molecule has 30 heavy (non-hydrogen) atoms. The van der Waals surface area contributed by atoms with E-state index in [-0.39, 0.29) is 24.5 Å². The highest BCUT2D eigenvalue weighted by molar-refractivity contribution is 7.13. The summed E-state index contributed by atoms with van der Waals surface area (Å²) >= 11 is 1.70. The van der Waals surface area contributed by atoms with Gasteiger partial charge in [0.25, 0.3) is 0 Å². The molecule has 160 valence electrons. The first-order valence-corrected chi connectivity index (χ1v) is 11.4. The summed E-state index contributed by atoms with van der Waals surface area (Å²) in [7, 11) is 1.80. The van der Waals surface area contributed by atoms with Crippen LogP contribution in [-0.4, -0.2) is 73.7 Å². The summed E-state index contributed by atoms with van der Waals surface area (Å²) in [6.07, 6.45) is 2.61. The number of piperazine rings is 1. The maximum Gasteiger partial charge on any atom is 0.249 e. The first-order valence-electron chi connectivity index (χ1n) is 10.5. The number of carbonyl (C=O) groups is 2. The SMILES string of the molecule is CN1CCN(C(=O)COC[C@@H]2CCCO2)[C@H](Cc2ccc(-c3cccs3)cc2)C1=O. The molecule has 4 rings (SSSR count). The van der Waals surface area contributed by atoms with Crippen LogP contribution < -0.4 is 0 Å². The van der Waals surface area contributed by atoms with E-state index in [0.29, 0.717) is 26.1 Å². The third-order valence-corrected chi connectivity index (χ3v) is 6.70. The van der Waals surface area contributed by atoms with Gasteiger partial charge in [0, 0.05) is 38.0 Å². The molecule has 2 aliphatic heterocycles. The molecule has 2 fully saturated rings. The van der Waals surface area contributed by atoms with Crippen LogP contribution in [0.25, 0.3) is 10.4 Å². The molecule has 2 amide bonds. The quantitative estimate of drug-likeness (QED) is 0.681. The van der Waals surface area contributed by atoms with Crippen molar-refractivity contribution in [2.75, 3.05) is 40.0 Å². The highest BCUT2D eigenvalue weighted by Gasteiger charge is 2.36. The molecule has 2 saturated heterocycles. The van der Waals surface area contributed by atoms with Gasteiger partial charge in [-0.25, -0.2) is 0 Å². The number of ether oxygens (including phenoxy) is 2. The fourth-order valence-electron chi connectivity index (χ4n) is 4.02. The molecule has 0 N–H and O–H groups in total. The van der Waals surface area contributed by atoms with Gasteiger partial charge in [0.05, 0.1) is 12.7 Å². The fraction of sp³-hybridized carbons (Fsp3) is 0.478. The minimum absolute atomic E-state index is 0.00926. The lowest BCUT2D eigenvalue weighted by Crippen LogP contribution is -2.59. The third-order valence-electron chi connectivity index (χ3n) is 5.78. The summed E-state index contributed by atoms with van der Waals surface area (Å²) in [4.78, 5) is 30.3. The maximum atomic E-state index is 12.9. The molecule has 0 saturated carbocycles. The van der Waals surface area contributed by atoms with Crippen molar-refractivity contribution in [3.05, 3.63) is 47.3 Å². The Morgan fingerprint density at radius 3 is 2.77 bits per heavy atom. The van der Waals surface area contributed by atoms with Crippen LogP contribution >= 0.6 is 11.3 Å². The number of thiophene rings is 1. The number of hydrogen-bond acceptors (Lipinski definition) is 5. The minimum Gasteiger partial charge on any atom is -0.376 e. The van der Waals surface area contributed by atoms with E-state index in [1.54, 1.807) is 28.2 Å². The van der Waals surface area contributed by atoms with Crippen molar-refractivity contribution >= 4 is 23.2 Å². The summed E-state index contributed by atoms with van der Waals surface area (Å²) in [6.45, 7) is 2.27. The van der Waals surface area contributed by atoms with Gasteiger partial charge in [0.2, 0.25) is 11.8 Å². The minimum atomic E-state index is -0.491. The molecular weight excluding hydrogens is 400 g/mol. The van der Waals surface area contributed by atoms with Gasteiger partial charge in [-0.1, -0.05) is 30.3 Å². The average molecular weight is 429 g/mol. The Hall–Kier alpha value is -2.22. The van der Waals surface area contributed by atoms with E-state index in [4.69, 9.17) is 9.47 Å². The van der Waals surface area contributed by atoms with Crippen LogP contribution in [0.2, 0.25) is 0 Å². The molecule has 0 aliphatic carbocycles. The van der Waals surface area contributed by atoms with Crippen LogP contribution in [0.1, 0.15) is 18.4 Å². The van der Waals surface area contributed by atoms with E-state index in [0.717, 1.165) is 30.6 Å². The smallest absolute Gasteiger partial charge is 0.249 e. The average Bonchev–Trinajstić information content (AvgIpc) is 3.46. The fourth-order valence-corrected chi connectivity index (χ4v) is 4.75. The molecule has 2 aromatic rings. The van der Waals surface area contributed by atoms with E-state index >= 15 is 0 Å². The van der Waals surface area contributed by atoms with Crippen LogP contribution in [0.15, 0.2) is 41.8 Å². The highest BCUT2D eigenvalue weighted by Crippen LogP contribution is 2.25. The molecule has 6 nitrogen and oxygen atoms in total. The van der Waals surface area contributed by atoms with Crippen LogP contribution in [-0.2, 0) is 25.5 Å². The second-order valence-electron chi connectivity index (χ2n) is 7.89. The Bertz CT molecular complexity index is 847. The normalized spacial score (nSPS) is 22.0. The van der Waals surface area contributed by atoms with Crippen molar-refractivity contribution in [2.45, 2.75) is 31.4 Å². The largest absolute Gasteiger partial charge is 0.376 e. The predicted octanol–water partition coefficient (Wildman–Crippen LogP) is 2.82. The Morgan fingerprint density at radius 2 is 2.07 bits per heavy atom. The van der Waals surface area contributed by atoms with Gasteiger partial charge in [0.1, 0.15) is 12.6 Å². The molecule has 3 heterocycles. The molecule has 1 aromatic heterocycles. The van der Waals surface area contributed by atoms with E-state index in [1.807, 2.05) is 18.2 Å². The van der Waals surface area contributed by atoms with Crippen LogP contribution in [0, 0.1) is 0 Å². The van der Waals surface area contributed by atoms with Crippen molar-refractivity contribution in [1.82, 2.24) is 9.80 Å². The maximum absolute atomic E-state index is 12.9. The van der Waals surface area contributed by atoms with Gasteiger partial charge in [0.15, 0.2) is 0 Å². The van der Waals surface area contributed by atoms with Gasteiger partial charge < -0.3 is 19.3 Å². The zero-order chi connectivity index (χ0) is 20.9. The van der Waals surface area contributed by atoms with Gasteiger partial charge in [-0.2, -0.15) is 0 Å². The van der Waals surface area contributed by atoms with Crippen LogP contribution in [0.5, 0.6) is 0 Å². The number of carbonyl (C=O) groups excluding carboxylic acids is 2. The molecule has 0 unspecified atom stereocenters. The highest BCUT2D eigenvalue weighted by atomic mass is 32.1. The van der Waals surface area contributed by atoms with Crippen molar-refractivity contribution in [1.29, 1.82) is 0 Å². The van der Waals surface area contributed by atoms with E-state index in [2.05, 4.69) is 23.6 Å². The lowest BCUT2D eigenvalue weighted by molar-refractivity contribution is -0.153. The van der Waals surface area contributed by atoms with E-state index in [1.165, 1.54) is 4.88 Å². The Morgan fingerprint density at radius 1 is 1.23 bits per heavy atom. The second-order valence-corrected chi connectivity index (χ2v) is 8.84. The Kier molecular flexibility index (Phi) is 6.82. The summed E-state index contributed by atoms with van der Waals surface area (Å²) in [5, 5.41) is 2.06. The summed E-state index contributed by atoms with van der Waals surface area (Å²) in [6, 6.07) is 11.9. The standard InChI is InChI=1S/C23H28N2O4S/c1-24-10-11-25(22(26)16-28-15-19-4-2-12-29-19)20(23(24)27)14-17-6-8-18(9-7-17)21-5-3-13-30-21/h3,5-9,13,19-20H,2,4,10-12,14-16H2,1H3/t19-,20+/m0/s1. The molecule has 0 radical (unpaired) electrons.